The molecule has 0 fully saturated rings. The summed E-state index contributed by atoms with van der Waals surface area (Å²) in [5, 5.41) is 4.65. The Labute approximate surface area is 158 Å². The quantitative estimate of drug-likeness (QED) is 0.672. The predicted octanol–water partition coefficient (Wildman–Crippen LogP) is 4.18. The van der Waals surface area contributed by atoms with Crippen molar-refractivity contribution in [3.63, 3.8) is 0 Å². The van der Waals surface area contributed by atoms with Gasteiger partial charge in [0.15, 0.2) is 0 Å². The molecule has 130 valence electrons. The van der Waals surface area contributed by atoms with Gasteiger partial charge in [-0.15, -0.1) is 0 Å². The van der Waals surface area contributed by atoms with Crippen LogP contribution in [0, 0.1) is 0 Å². The van der Waals surface area contributed by atoms with Crippen molar-refractivity contribution in [2.75, 3.05) is 0 Å². The van der Waals surface area contributed by atoms with Gasteiger partial charge in [-0.3, -0.25) is 0 Å². The molecule has 2 aromatic carbocycles. The van der Waals surface area contributed by atoms with Crippen LogP contribution in [0.15, 0.2) is 51.9 Å². The highest BCUT2D eigenvalue weighted by Gasteiger charge is 2.20. The summed E-state index contributed by atoms with van der Waals surface area (Å²) >= 11 is 17.7. The molecular weight excluding hydrogens is 409 g/mol. The molecule has 1 aromatic heterocycles. The highest BCUT2D eigenvalue weighted by molar-refractivity contribution is 7.89. The molecule has 1 N–H and O–H groups in total. The maximum absolute atomic E-state index is 12.3. The summed E-state index contributed by atoms with van der Waals surface area (Å²) < 4.78 is 32.1. The molecule has 0 aliphatic rings. The summed E-state index contributed by atoms with van der Waals surface area (Å²) in [5.74, 6) is 0.397. The van der Waals surface area contributed by atoms with Crippen molar-refractivity contribution >= 4 is 44.8 Å². The molecule has 0 bridgehead atoms. The van der Waals surface area contributed by atoms with Gasteiger partial charge in [-0.25, -0.2) is 13.1 Å². The van der Waals surface area contributed by atoms with Crippen LogP contribution in [-0.4, -0.2) is 18.6 Å². The summed E-state index contributed by atoms with van der Waals surface area (Å²) in [4.78, 5) is 4.01. The third kappa shape index (κ3) is 4.31. The largest absolute Gasteiger partial charge is 0.338 e. The minimum absolute atomic E-state index is 0.0574. The molecule has 0 saturated heterocycles. The lowest BCUT2D eigenvalue weighted by Crippen LogP contribution is -2.23. The van der Waals surface area contributed by atoms with Gasteiger partial charge in [0.1, 0.15) is 4.90 Å². The zero-order valence-corrected chi connectivity index (χ0v) is 15.5. The van der Waals surface area contributed by atoms with Crippen molar-refractivity contribution in [2.24, 2.45) is 0 Å². The van der Waals surface area contributed by atoms with E-state index in [9.17, 15) is 8.42 Å². The first-order chi connectivity index (χ1) is 11.8. The minimum Gasteiger partial charge on any atom is -0.338 e. The molecule has 0 amide bonds. The van der Waals surface area contributed by atoms with Crippen LogP contribution in [0.25, 0.3) is 11.4 Å². The number of nitrogens with one attached hydrogen (secondary N) is 1. The van der Waals surface area contributed by atoms with Gasteiger partial charge in [-0.1, -0.05) is 52.1 Å². The van der Waals surface area contributed by atoms with Crippen molar-refractivity contribution in [3.8, 4) is 11.4 Å². The maximum atomic E-state index is 12.3. The molecule has 25 heavy (non-hydrogen) atoms. The average Bonchev–Trinajstić information content (AvgIpc) is 3.04. The number of aromatic nitrogens is 2. The Hall–Kier alpha value is -1.64. The molecule has 3 rings (SSSR count). The average molecular weight is 419 g/mol. The van der Waals surface area contributed by atoms with Crippen LogP contribution in [0.5, 0.6) is 0 Å². The van der Waals surface area contributed by atoms with E-state index in [0.29, 0.717) is 16.4 Å². The van der Waals surface area contributed by atoms with E-state index in [-0.39, 0.29) is 27.4 Å². The second-order valence-corrected chi connectivity index (χ2v) is 7.94. The molecule has 0 atom stereocenters. The number of hydrogen-bond acceptors (Lipinski definition) is 5. The molecule has 0 unspecified atom stereocenters. The Morgan fingerprint density at radius 1 is 1.04 bits per heavy atom. The molecule has 6 nitrogen and oxygen atoms in total. The van der Waals surface area contributed by atoms with E-state index in [1.807, 2.05) is 0 Å². The van der Waals surface area contributed by atoms with E-state index < -0.39 is 10.0 Å². The fourth-order valence-corrected chi connectivity index (χ4v) is 3.91. The van der Waals surface area contributed by atoms with E-state index in [0.717, 1.165) is 0 Å². The number of sulfonamides is 1. The predicted molar refractivity (Wildman–Crippen MR) is 95.2 cm³/mol. The Morgan fingerprint density at radius 2 is 1.80 bits per heavy atom. The first-order valence-electron chi connectivity index (χ1n) is 6.88. The van der Waals surface area contributed by atoms with Crippen LogP contribution < -0.4 is 4.72 Å². The van der Waals surface area contributed by atoms with Gasteiger partial charge in [0.25, 0.3) is 0 Å². The van der Waals surface area contributed by atoms with E-state index in [4.69, 9.17) is 39.3 Å². The Balaban J connectivity index is 1.77. The minimum atomic E-state index is -3.89. The van der Waals surface area contributed by atoms with Gasteiger partial charge < -0.3 is 4.52 Å². The summed E-state index contributed by atoms with van der Waals surface area (Å²) in [5.41, 5.74) is 0.656. The van der Waals surface area contributed by atoms with Crippen molar-refractivity contribution in [2.45, 2.75) is 11.4 Å². The van der Waals surface area contributed by atoms with E-state index in [1.54, 1.807) is 24.3 Å². The second-order valence-electron chi connectivity index (χ2n) is 4.92. The third-order valence-corrected chi connectivity index (χ3v) is 5.50. The molecule has 0 radical (unpaired) electrons. The van der Waals surface area contributed by atoms with Crippen molar-refractivity contribution < 1.29 is 12.9 Å². The van der Waals surface area contributed by atoms with Crippen molar-refractivity contribution in [1.29, 1.82) is 0 Å². The van der Waals surface area contributed by atoms with Crippen molar-refractivity contribution in [3.05, 3.63) is 63.4 Å². The van der Waals surface area contributed by atoms with Crippen LogP contribution in [0.1, 0.15) is 5.89 Å². The lowest BCUT2D eigenvalue weighted by molar-refractivity contribution is 0.376. The SMILES string of the molecule is O=S(=O)(NCc1nc(-c2cccc(Cl)c2)no1)c1cc(Cl)ccc1Cl. The lowest BCUT2D eigenvalue weighted by atomic mass is 10.2. The van der Waals surface area contributed by atoms with Crippen LogP contribution >= 0.6 is 34.8 Å². The summed E-state index contributed by atoms with van der Waals surface area (Å²) in [6.45, 7) is -0.196. The fraction of sp³-hybridized carbons (Fsp3) is 0.0667. The smallest absolute Gasteiger partial charge is 0.242 e. The van der Waals surface area contributed by atoms with Crippen LogP contribution in [0.4, 0.5) is 0 Å². The zero-order chi connectivity index (χ0) is 18.0. The highest BCUT2D eigenvalue weighted by atomic mass is 35.5. The van der Waals surface area contributed by atoms with Crippen LogP contribution in [0.2, 0.25) is 15.1 Å². The van der Waals surface area contributed by atoms with Gasteiger partial charge in [-0.2, -0.15) is 4.98 Å². The molecule has 0 aliphatic carbocycles. The van der Waals surface area contributed by atoms with Crippen LogP contribution in [0.3, 0.4) is 0 Å². The number of halogens is 3. The maximum Gasteiger partial charge on any atom is 0.242 e. The van der Waals surface area contributed by atoms with Gasteiger partial charge in [-0.05, 0) is 30.3 Å². The molecular formula is C15H10Cl3N3O3S. The number of nitrogens with zero attached hydrogens (tertiary/aromatic N) is 2. The number of rotatable bonds is 5. The lowest BCUT2D eigenvalue weighted by Gasteiger charge is -2.06. The fourth-order valence-electron chi connectivity index (χ4n) is 1.99. The molecule has 10 heteroatoms. The van der Waals surface area contributed by atoms with E-state index in [2.05, 4.69) is 14.9 Å². The molecule has 3 aromatic rings. The standard InChI is InChI=1S/C15H10Cl3N3O3S/c16-10-3-1-2-9(6-10)15-20-14(24-21-15)8-19-25(22,23)13-7-11(17)4-5-12(13)18/h1-7,19H,8H2. The van der Waals surface area contributed by atoms with E-state index in [1.165, 1.54) is 18.2 Å². The van der Waals surface area contributed by atoms with Crippen LogP contribution in [-0.2, 0) is 16.6 Å². The first kappa shape index (κ1) is 18.2. The molecule has 0 spiro atoms. The number of benzene rings is 2. The second kappa shape index (κ2) is 7.31. The summed E-state index contributed by atoms with van der Waals surface area (Å²) in [7, 11) is -3.89. The summed E-state index contributed by atoms with van der Waals surface area (Å²) in [6.07, 6.45) is 0. The van der Waals surface area contributed by atoms with Crippen molar-refractivity contribution in [1.82, 2.24) is 14.9 Å². The van der Waals surface area contributed by atoms with Gasteiger partial charge >= 0.3 is 0 Å². The zero-order valence-electron chi connectivity index (χ0n) is 12.4. The Morgan fingerprint density at radius 3 is 2.56 bits per heavy atom. The Kier molecular flexibility index (Phi) is 5.31. The Bertz CT molecular complexity index is 1020. The summed E-state index contributed by atoms with van der Waals surface area (Å²) in [6, 6.07) is 11.1. The first-order valence-corrected chi connectivity index (χ1v) is 9.50. The van der Waals surface area contributed by atoms with E-state index >= 15 is 0 Å². The highest BCUT2D eigenvalue weighted by Crippen LogP contribution is 2.25. The normalized spacial score (nSPS) is 11.6. The molecule has 0 aliphatic heterocycles. The van der Waals surface area contributed by atoms with Gasteiger partial charge in [0.05, 0.1) is 11.6 Å². The number of hydrogen-bond donors (Lipinski definition) is 1. The topological polar surface area (TPSA) is 85.1 Å². The monoisotopic (exact) mass is 417 g/mol. The molecule has 1 heterocycles. The third-order valence-electron chi connectivity index (χ3n) is 3.15. The van der Waals surface area contributed by atoms with Gasteiger partial charge in [0, 0.05) is 15.6 Å². The van der Waals surface area contributed by atoms with Gasteiger partial charge in [0.2, 0.25) is 21.7 Å². The molecule has 0 saturated carbocycles.